The monoisotopic (exact) mass is 287 g/mol. The van der Waals surface area contributed by atoms with Crippen LogP contribution in [-0.4, -0.2) is 23.1 Å². The van der Waals surface area contributed by atoms with Gasteiger partial charge >= 0.3 is 0 Å². The average molecular weight is 288 g/mol. The lowest BCUT2D eigenvalue weighted by Gasteiger charge is -2.15. The molecule has 0 aliphatic rings. The van der Waals surface area contributed by atoms with Crippen LogP contribution >= 0.6 is 15.9 Å². The Morgan fingerprint density at radius 2 is 2.38 bits per heavy atom. The van der Waals surface area contributed by atoms with E-state index in [1.807, 2.05) is 13.2 Å². The zero-order chi connectivity index (χ0) is 12.1. The largest absolute Gasteiger partial charge is 0.347 e. The molecule has 0 spiro atoms. The molecule has 0 aliphatic heterocycles. The lowest BCUT2D eigenvalue weighted by molar-refractivity contribution is 0.0928. The fourth-order valence-corrected chi connectivity index (χ4v) is 2.13. The van der Waals surface area contributed by atoms with E-state index in [0.29, 0.717) is 12.2 Å². The molecule has 1 amide bonds. The van der Waals surface area contributed by atoms with Crippen molar-refractivity contribution in [2.75, 3.05) is 6.54 Å². The fourth-order valence-electron chi connectivity index (χ4n) is 1.61. The van der Waals surface area contributed by atoms with Crippen molar-refractivity contribution in [2.45, 2.75) is 25.8 Å². The molecule has 1 atom stereocenters. The van der Waals surface area contributed by atoms with Crippen LogP contribution in [0.5, 0.6) is 0 Å². The number of carbonyl (C=O) groups is 1. The summed E-state index contributed by atoms with van der Waals surface area (Å²) in [5.41, 5.74) is 6.24. The quantitative estimate of drug-likeness (QED) is 0.865. The number of amides is 1. The number of nitrogens with two attached hydrogens (primary N) is 1. The van der Waals surface area contributed by atoms with Crippen LogP contribution in [0.4, 0.5) is 0 Å². The second-order valence-electron chi connectivity index (χ2n) is 3.85. The molecule has 0 saturated carbocycles. The minimum Gasteiger partial charge on any atom is -0.347 e. The minimum atomic E-state index is -0.0721. The van der Waals surface area contributed by atoms with Gasteiger partial charge in [-0.05, 0) is 28.4 Å². The van der Waals surface area contributed by atoms with Crippen molar-refractivity contribution in [3.8, 4) is 0 Å². The summed E-state index contributed by atoms with van der Waals surface area (Å²) >= 11 is 3.34. The van der Waals surface area contributed by atoms with Gasteiger partial charge in [0.1, 0.15) is 5.69 Å². The molecule has 1 aromatic heterocycles. The molecule has 0 saturated heterocycles. The maximum atomic E-state index is 11.9. The number of carbonyl (C=O) groups excluding carboxylic acids is 1. The number of aromatic nitrogens is 1. The first kappa shape index (κ1) is 13.3. The first-order valence-corrected chi connectivity index (χ1v) is 6.20. The van der Waals surface area contributed by atoms with Gasteiger partial charge in [0.2, 0.25) is 0 Å². The fraction of sp³-hybridized carbons (Fsp3) is 0.545. The van der Waals surface area contributed by atoms with Crippen LogP contribution in [-0.2, 0) is 7.05 Å². The molecule has 90 valence electrons. The molecule has 1 rings (SSSR count). The highest BCUT2D eigenvalue weighted by Crippen LogP contribution is 2.13. The molecule has 1 unspecified atom stereocenters. The molecule has 1 aromatic rings. The molecule has 1 heterocycles. The standard InChI is InChI=1S/C11H18BrN3O/c1-3-4-9(6-13)14-11(16)10-5-8(12)7-15(10)2/h5,7,9H,3-4,6,13H2,1-2H3,(H,14,16). The maximum absolute atomic E-state index is 11.9. The molecule has 4 nitrogen and oxygen atoms in total. The highest BCUT2D eigenvalue weighted by molar-refractivity contribution is 9.10. The topological polar surface area (TPSA) is 60.0 Å². The van der Waals surface area contributed by atoms with Gasteiger partial charge < -0.3 is 15.6 Å². The average Bonchev–Trinajstić information content (AvgIpc) is 2.57. The molecule has 0 bridgehead atoms. The number of aryl methyl sites for hydroxylation is 1. The van der Waals surface area contributed by atoms with Gasteiger partial charge in [-0.2, -0.15) is 0 Å². The smallest absolute Gasteiger partial charge is 0.268 e. The summed E-state index contributed by atoms with van der Waals surface area (Å²) in [5.74, 6) is -0.0721. The van der Waals surface area contributed by atoms with E-state index >= 15 is 0 Å². The SMILES string of the molecule is CCCC(CN)NC(=O)c1cc(Br)cn1C. The zero-order valence-electron chi connectivity index (χ0n) is 9.66. The summed E-state index contributed by atoms with van der Waals surface area (Å²) < 4.78 is 2.69. The predicted octanol–water partition coefficient (Wildman–Crippen LogP) is 1.64. The number of hydrogen-bond acceptors (Lipinski definition) is 2. The Balaban J connectivity index is 2.67. The Kier molecular flexibility index (Phi) is 5.02. The predicted molar refractivity (Wildman–Crippen MR) is 68.3 cm³/mol. The summed E-state index contributed by atoms with van der Waals surface area (Å²) in [4.78, 5) is 11.9. The van der Waals surface area contributed by atoms with Gasteiger partial charge in [-0.15, -0.1) is 0 Å². The van der Waals surface area contributed by atoms with Crippen molar-refractivity contribution in [3.05, 3.63) is 22.4 Å². The molecule has 3 N–H and O–H groups in total. The molecular formula is C11H18BrN3O. The summed E-state index contributed by atoms with van der Waals surface area (Å²) in [6.07, 6.45) is 3.78. The maximum Gasteiger partial charge on any atom is 0.268 e. The molecule has 5 heteroatoms. The van der Waals surface area contributed by atoms with Crippen LogP contribution in [0.2, 0.25) is 0 Å². The van der Waals surface area contributed by atoms with E-state index < -0.39 is 0 Å². The Morgan fingerprint density at radius 3 is 2.81 bits per heavy atom. The molecule has 16 heavy (non-hydrogen) atoms. The van der Waals surface area contributed by atoms with Crippen LogP contribution in [0.25, 0.3) is 0 Å². The third-order valence-electron chi connectivity index (χ3n) is 2.46. The number of hydrogen-bond donors (Lipinski definition) is 2. The molecule has 0 fully saturated rings. The Morgan fingerprint density at radius 1 is 1.69 bits per heavy atom. The number of rotatable bonds is 5. The summed E-state index contributed by atoms with van der Waals surface area (Å²) in [6, 6.07) is 1.86. The van der Waals surface area contributed by atoms with Gasteiger partial charge in [-0.1, -0.05) is 13.3 Å². The van der Waals surface area contributed by atoms with E-state index in [1.165, 1.54) is 0 Å². The van der Waals surface area contributed by atoms with Gasteiger partial charge in [0.05, 0.1) is 0 Å². The van der Waals surface area contributed by atoms with Gasteiger partial charge in [0.25, 0.3) is 5.91 Å². The normalized spacial score (nSPS) is 12.5. The molecule has 0 aromatic carbocycles. The number of nitrogens with one attached hydrogen (secondary N) is 1. The van der Waals surface area contributed by atoms with Crippen LogP contribution in [0.1, 0.15) is 30.3 Å². The van der Waals surface area contributed by atoms with Crippen LogP contribution in [0, 0.1) is 0 Å². The third-order valence-corrected chi connectivity index (χ3v) is 2.89. The summed E-state index contributed by atoms with van der Waals surface area (Å²) in [5, 5.41) is 2.93. The van der Waals surface area contributed by atoms with Crippen molar-refractivity contribution in [1.29, 1.82) is 0 Å². The number of halogens is 1. The van der Waals surface area contributed by atoms with Crippen molar-refractivity contribution in [2.24, 2.45) is 12.8 Å². The highest BCUT2D eigenvalue weighted by Gasteiger charge is 2.14. The molecular weight excluding hydrogens is 270 g/mol. The van der Waals surface area contributed by atoms with Crippen LogP contribution in [0.3, 0.4) is 0 Å². The van der Waals surface area contributed by atoms with E-state index in [0.717, 1.165) is 17.3 Å². The minimum absolute atomic E-state index is 0.0613. The van der Waals surface area contributed by atoms with Crippen molar-refractivity contribution in [1.82, 2.24) is 9.88 Å². The second kappa shape index (κ2) is 6.06. The third kappa shape index (κ3) is 3.35. The Hall–Kier alpha value is -0.810. The van der Waals surface area contributed by atoms with E-state index in [-0.39, 0.29) is 11.9 Å². The van der Waals surface area contributed by atoms with Crippen LogP contribution < -0.4 is 11.1 Å². The van der Waals surface area contributed by atoms with E-state index in [4.69, 9.17) is 5.73 Å². The lowest BCUT2D eigenvalue weighted by Crippen LogP contribution is -2.40. The van der Waals surface area contributed by atoms with E-state index in [1.54, 1.807) is 10.6 Å². The summed E-state index contributed by atoms with van der Waals surface area (Å²) in [7, 11) is 1.84. The first-order chi connectivity index (χ1) is 7.58. The first-order valence-electron chi connectivity index (χ1n) is 5.41. The zero-order valence-corrected chi connectivity index (χ0v) is 11.3. The summed E-state index contributed by atoms with van der Waals surface area (Å²) in [6.45, 7) is 2.55. The Bertz CT molecular complexity index is 362. The Labute approximate surface area is 104 Å². The van der Waals surface area contributed by atoms with Crippen molar-refractivity contribution < 1.29 is 4.79 Å². The van der Waals surface area contributed by atoms with Gasteiger partial charge in [-0.25, -0.2) is 0 Å². The second-order valence-corrected chi connectivity index (χ2v) is 4.76. The lowest BCUT2D eigenvalue weighted by atomic mass is 10.1. The van der Waals surface area contributed by atoms with E-state index in [9.17, 15) is 4.79 Å². The van der Waals surface area contributed by atoms with Gasteiger partial charge in [0.15, 0.2) is 0 Å². The van der Waals surface area contributed by atoms with Crippen molar-refractivity contribution in [3.63, 3.8) is 0 Å². The highest BCUT2D eigenvalue weighted by atomic mass is 79.9. The number of nitrogens with zero attached hydrogens (tertiary/aromatic N) is 1. The van der Waals surface area contributed by atoms with Crippen molar-refractivity contribution >= 4 is 21.8 Å². The molecule has 0 aliphatic carbocycles. The van der Waals surface area contributed by atoms with Gasteiger partial charge in [0, 0.05) is 30.3 Å². The van der Waals surface area contributed by atoms with E-state index in [2.05, 4.69) is 28.2 Å². The van der Waals surface area contributed by atoms with Gasteiger partial charge in [-0.3, -0.25) is 4.79 Å². The molecule has 0 radical (unpaired) electrons. The van der Waals surface area contributed by atoms with Crippen LogP contribution in [0.15, 0.2) is 16.7 Å².